The van der Waals surface area contributed by atoms with Crippen LogP contribution < -0.4 is 0 Å². The molecule has 2 saturated carbocycles. The van der Waals surface area contributed by atoms with E-state index in [0.29, 0.717) is 11.8 Å². The highest BCUT2D eigenvalue weighted by molar-refractivity contribution is 5.44. The van der Waals surface area contributed by atoms with Gasteiger partial charge in [0.25, 0.3) is 0 Å². The summed E-state index contributed by atoms with van der Waals surface area (Å²) in [5.41, 5.74) is 3.27. The van der Waals surface area contributed by atoms with Crippen molar-refractivity contribution in [3.8, 4) is 0 Å². The number of hydrogen-bond donors (Lipinski definition) is 0. The van der Waals surface area contributed by atoms with Crippen molar-refractivity contribution >= 4 is 0 Å². The van der Waals surface area contributed by atoms with Crippen molar-refractivity contribution in [1.82, 2.24) is 4.90 Å². The first kappa shape index (κ1) is 16.2. The molecule has 0 aromatic heterocycles. The van der Waals surface area contributed by atoms with Gasteiger partial charge in [-0.3, -0.25) is 4.90 Å². The second-order valence-corrected chi connectivity index (χ2v) is 8.35. The molecule has 4 rings (SSSR count). The van der Waals surface area contributed by atoms with E-state index >= 15 is 0 Å². The lowest BCUT2D eigenvalue weighted by molar-refractivity contribution is 0.0570. The first-order chi connectivity index (χ1) is 11.5. The molecule has 2 fully saturated rings. The van der Waals surface area contributed by atoms with E-state index in [0.717, 1.165) is 6.61 Å². The fourth-order valence-corrected chi connectivity index (χ4v) is 6.16. The maximum absolute atomic E-state index is 6.21. The van der Waals surface area contributed by atoms with Crippen LogP contribution in [0, 0.1) is 18.3 Å². The van der Waals surface area contributed by atoms with Crippen LogP contribution >= 0.6 is 0 Å². The minimum atomic E-state index is 0.125. The van der Waals surface area contributed by atoms with Crippen LogP contribution in [0.15, 0.2) is 36.1 Å². The van der Waals surface area contributed by atoms with Gasteiger partial charge in [-0.2, -0.15) is 0 Å². The molecule has 0 spiro atoms. The van der Waals surface area contributed by atoms with E-state index in [2.05, 4.69) is 63.2 Å². The van der Waals surface area contributed by atoms with Gasteiger partial charge in [0, 0.05) is 11.3 Å². The van der Waals surface area contributed by atoms with Gasteiger partial charge in [-0.25, -0.2) is 0 Å². The maximum Gasteiger partial charge on any atom is 0.100 e. The molecule has 4 atom stereocenters. The monoisotopic (exact) mass is 325 g/mol. The van der Waals surface area contributed by atoms with Crippen molar-refractivity contribution in [3.63, 3.8) is 0 Å². The maximum atomic E-state index is 6.21. The smallest absolute Gasteiger partial charge is 0.100 e. The normalized spacial score (nSPS) is 37.5. The fourth-order valence-electron chi connectivity index (χ4n) is 6.16. The van der Waals surface area contributed by atoms with Gasteiger partial charge in [0.15, 0.2) is 0 Å². The summed E-state index contributed by atoms with van der Waals surface area (Å²) in [7, 11) is 4.55. The Labute approximate surface area is 146 Å². The number of likely N-dealkylation sites (N-methyl/N-ethyl adjacent to an activating group) is 1. The lowest BCUT2D eigenvalue weighted by Gasteiger charge is -2.44. The lowest BCUT2D eigenvalue weighted by atomic mass is 9.67. The summed E-state index contributed by atoms with van der Waals surface area (Å²) < 4.78 is 6.21. The molecule has 3 aliphatic rings. The largest absolute Gasteiger partial charge is 0.498 e. The third-order valence-corrected chi connectivity index (χ3v) is 7.12. The molecule has 0 aliphatic heterocycles. The quantitative estimate of drug-likeness (QED) is 0.781. The Balaban J connectivity index is 1.84. The van der Waals surface area contributed by atoms with E-state index in [1.165, 1.54) is 49.0 Å². The van der Waals surface area contributed by atoms with Crippen LogP contribution in [0.4, 0.5) is 0 Å². The summed E-state index contributed by atoms with van der Waals surface area (Å²) in [6, 6.07) is 9.28. The summed E-state index contributed by atoms with van der Waals surface area (Å²) >= 11 is 0. The Morgan fingerprint density at radius 2 is 1.92 bits per heavy atom. The van der Waals surface area contributed by atoms with Crippen molar-refractivity contribution in [2.45, 2.75) is 57.4 Å². The molecule has 24 heavy (non-hydrogen) atoms. The molecule has 3 aliphatic carbocycles. The molecule has 130 valence electrons. The SMILES string of the molecule is CCOC1=C[C@]2(N(C)C)[C@@H](c3ccc(C)cc3)C[C@]13CCCC[C@@H]32. The van der Waals surface area contributed by atoms with Crippen molar-refractivity contribution in [2.24, 2.45) is 11.3 Å². The molecular weight excluding hydrogens is 294 g/mol. The molecule has 2 bridgehead atoms. The zero-order valence-electron chi connectivity index (χ0n) is 15.6. The van der Waals surface area contributed by atoms with Gasteiger partial charge in [0.1, 0.15) is 5.76 Å². The second-order valence-electron chi connectivity index (χ2n) is 8.35. The number of benzene rings is 1. The number of nitrogens with zero attached hydrogens (tertiary/aromatic N) is 1. The van der Waals surface area contributed by atoms with Crippen LogP contribution in [0.25, 0.3) is 0 Å². The Morgan fingerprint density at radius 1 is 1.17 bits per heavy atom. The van der Waals surface area contributed by atoms with Crippen molar-refractivity contribution in [2.75, 3.05) is 20.7 Å². The van der Waals surface area contributed by atoms with Crippen LogP contribution in [0.2, 0.25) is 0 Å². The summed E-state index contributed by atoms with van der Waals surface area (Å²) in [5.74, 6) is 2.61. The van der Waals surface area contributed by atoms with Gasteiger partial charge >= 0.3 is 0 Å². The van der Waals surface area contributed by atoms with Gasteiger partial charge in [-0.1, -0.05) is 42.7 Å². The van der Waals surface area contributed by atoms with E-state index in [4.69, 9.17) is 4.74 Å². The zero-order chi connectivity index (χ0) is 16.9. The third kappa shape index (κ3) is 1.98. The number of ether oxygens (including phenoxy) is 1. The molecule has 0 N–H and O–H groups in total. The van der Waals surface area contributed by atoms with E-state index in [1.54, 1.807) is 0 Å². The predicted molar refractivity (Wildman–Crippen MR) is 99.1 cm³/mol. The Kier molecular flexibility index (Phi) is 3.80. The zero-order valence-corrected chi connectivity index (χ0v) is 15.6. The topological polar surface area (TPSA) is 12.5 Å². The lowest BCUT2D eigenvalue weighted by Crippen LogP contribution is -2.49. The molecule has 0 saturated heterocycles. The van der Waals surface area contributed by atoms with Crippen LogP contribution in [0.5, 0.6) is 0 Å². The van der Waals surface area contributed by atoms with Crippen molar-refractivity contribution in [3.05, 3.63) is 47.2 Å². The Bertz CT molecular complexity index is 646. The average molecular weight is 325 g/mol. The Hall–Kier alpha value is -1.28. The minimum absolute atomic E-state index is 0.125. The highest BCUT2D eigenvalue weighted by atomic mass is 16.5. The predicted octanol–water partition coefficient (Wildman–Crippen LogP) is 4.89. The first-order valence-corrected chi connectivity index (χ1v) is 9.64. The van der Waals surface area contributed by atoms with Crippen LogP contribution in [-0.2, 0) is 4.74 Å². The van der Waals surface area contributed by atoms with E-state index < -0.39 is 0 Å². The third-order valence-electron chi connectivity index (χ3n) is 7.12. The van der Waals surface area contributed by atoms with Crippen LogP contribution in [0.1, 0.15) is 56.1 Å². The molecule has 2 heteroatoms. The van der Waals surface area contributed by atoms with Gasteiger partial charge in [0.2, 0.25) is 0 Å². The molecule has 0 unspecified atom stereocenters. The number of allylic oxidation sites excluding steroid dienone is 1. The molecule has 1 aromatic rings. The number of aryl methyl sites for hydroxylation is 1. The number of hydrogen-bond acceptors (Lipinski definition) is 2. The van der Waals surface area contributed by atoms with Gasteiger partial charge < -0.3 is 4.74 Å². The summed E-state index contributed by atoms with van der Waals surface area (Å²) in [6.45, 7) is 5.10. The average Bonchev–Trinajstić information content (AvgIpc) is 3.03. The van der Waals surface area contributed by atoms with Gasteiger partial charge in [0.05, 0.1) is 12.1 Å². The molecule has 0 amide bonds. The summed E-state index contributed by atoms with van der Waals surface area (Å²) in [4.78, 5) is 2.50. The van der Waals surface area contributed by atoms with E-state index in [1.807, 2.05) is 0 Å². The molecule has 0 radical (unpaired) electrons. The molecule has 1 aromatic carbocycles. The Morgan fingerprint density at radius 3 is 2.58 bits per heavy atom. The standard InChI is InChI=1S/C22H31NO/c1-5-24-20-15-22(23(3)4)18(17-11-9-16(2)10-12-17)14-21(20)13-7-6-8-19(21)22/h9-12,15,18-19H,5-8,13-14H2,1-4H3/t18-,19+,21+,22+/m1/s1. The van der Waals surface area contributed by atoms with Crippen molar-refractivity contribution in [1.29, 1.82) is 0 Å². The summed E-state index contributed by atoms with van der Waals surface area (Å²) in [6.07, 6.45) is 9.15. The fraction of sp³-hybridized carbons (Fsp3) is 0.636. The molecule has 2 nitrogen and oxygen atoms in total. The second kappa shape index (κ2) is 5.62. The van der Waals surface area contributed by atoms with Crippen molar-refractivity contribution < 1.29 is 4.74 Å². The highest BCUT2D eigenvalue weighted by Crippen LogP contribution is 2.71. The van der Waals surface area contributed by atoms with E-state index in [-0.39, 0.29) is 11.0 Å². The minimum Gasteiger partial charge on any atom is -0.498 e. The summed E-state index contributed by atoms with van der Waals surface area (Å²) in [5, 5.41) is 0. The molecular formula is C22H31NO. The first-order valence-electron chi connectivity index (χ1n) is 9.64. The number of rotatable bonds is 4. The van der Waals surface area contributed by atoms with Crippen LogP contribution in [-0.4, -0.2) is 31.1 Å². The molecule has 0 heterocycles. The van der Waals surface area contributed by atoms with Crippen LogP contribution in [0.3, 0.4) is 0 Å². The van der Waals surface area contributed by atoms with Gasteiger partial charge in [-0.15, -0.1) is 0 Å². The van der Waals surface area contributed by atoms with Gasteiger partial charge in [-0.05, 0) is 64.8 Å². The van der Waals surface area contributed by atoms with E-state index in [9.17, 15) is 0 Å². The highest BCUT2D eigenvalue weighted by Gasteiger charge is 2.69.